The minimum Gasteiger partial charge on any atom is -0.506 e. The molecule has 0 aromatic heterocycles. The third kappa shape index (κ3) is 4.87. The fourth-order valence-corrected chi connectivity index (χ4v) is 3.51. The average Bonchev–Trinajstić information content (AvgIpc) is 2.76. The van der Waals surface area contributed by atoms with E-state index in [2.05, 4.69) is 22.8 Å². The van der Waals surface area contributed by atoms with E-state index in [1.807, 2.05) is 72.8 Å². The van der Waals surface area contributed by atoms with Crippen LogP contribution in [0.3, 0.4) is 0 Å². The fraction of sp³-hybridized carbons (Fsp3) is 0.111. The molecule has 4 aromatic carbocycles. The maximum atomic E-state index is 10.4. The molecule has 4 nitrogen and oxygen atoms in total. The predicted molar refractivity (Wildman–Crippen MR) is 128 cm³/mol. The molecule has 4 aromatic rings. The van der Waals surface area contributed by atoms with Crippen LogP contribution in [0.25, 0.3) is 11.1 Å². The van der Waals surface area contributed by atoms with Gasteiger partial charge < -0.3 is 20.8 Å². The minimum atomic E-state index is -0.921. The van der Waals surface area contributed by atoms with Crippen molar-refractivity contribution in [1.82, 2.24) is 0 Å². The average molecular weight is 411 g/mol. The van der Waals surface area contributed by atoms with Crippen LogP contribution in [-0.4, -0.2) is 10.2 Å². The Morgan fingerprint density at radius 1 is 0.581 bits per heavy atom. The zero-order chi connectivity index (χ0) is 21.8. The van der Waals surface area contributed by atoms with E-state index in [1.54, 1.807) is 26.0 Å². The highest BCUT2D eigenvalue weighted by molar-refractivity contribution is 5.72. The molecular formula is C27H26N2O2. The molecule has 0 fully saturated rings. The highest BCUT2D eigenvalue weighted by Crippen LogP contribution is 2.31. The Balaban J connectivity index is 1.48. The number of para-hydroxylation sites is 3. The lowest BCUT2D eigenvalue weighted by molar-refractivity contribution is 0.0794. The quantitative estimate of drug-likeness (QED) is 0.265. The van der Waals surface area contributed by atoms with Gasteiger partial charge in [-0.05, 0) is 67.4 Å². The van der Waals surface area contributed by atoms with Crippen LogP contribution in [0.15, 0.2) is 97.1 Å². The van der Waals surface area contributed by atoms with Crippen LogP contribution in [0.2, 0.25) is 0 Å². The number of aromatic hydroxyl groups is 1. The van der Waals surface area contributed by atoms with Crippen molar-refractivity contribution >= 4 is 22.7 Å². The van der Waals surface area contributed by atoms with Crippen LogP contribution in [0.4, 0.5) is 22.7 Å². The molecule has 0 saturated carbocycles. The molecule has 0 unspecified atom stereocenters. The summed E-state index contributed by atoms with van der Waals surface area (Å²) in [6, 6.07) is 31.3. The second-order valence-corrected chi connectivity index (χ2v) is 8.03. The normalized spacial score (nSPS) is 11.2. The maximum absolute atomic E-state index is 10.4. The minimum absolute atomic E-state index is 0.223. The first-order valence-electron chi connectivity index (χ1n) is 10.2. The Bertz CT molecular complexity index is 1160. The van der Waals surface area contributed by atoms with E-state index in [0.29, 0.717) is 5.69 Å². The van der Waals surface area contributed by atoms with Crippen LogP contribution in [-0.2, 0) is 5.60 Å². The van der Waals surface area contributed by atoms with Crippen LogP contribution in [0.5, 0.6) is 5.75 Å². The molecule has 4 N–H and O–H groups in total. The summed E-state index contributed by atoms with van der Waals surface area (Å²) in [6.07, 6.45) is 0. The molecule has 31 heavy (non-hydrogen) atoms. The smallest absolute Gasteiger partial charge is 0.139 e. The van der Waals surface area contributed by atoms with E-state index in [1.165, 1.54) is 0 Å². The molecule has 4 rings (SSSR count). The summed E-state index contributed by atoms with van der Waals surface area (Å²) in [5.74, 6) is 0.223. The summed E-state index contributed by atoms with van der Waals surface area (Å²) in [5, 5.41) is 27.0. The van der Waals surface area contributed by atoms with Gasteiger partial charge in [0.1, 0.15) is 5.75 Å². The molecule has 156 valence electrons. The van der Waals surface area contributed by atoms with E-state index < -0.39 is 5.60 Å². The largest absolute Gasteiger partial charge is 0.506 e. The molecule has 0 atom stereocenters. The molecule has 0 bridgehead atoms. The lowest BCUT2D eigenvalue weighted by Gasteiger charge is -2.22. The summed E-state index contributed by atoms with van der Waals surface area (Å²) >= 11 is 0. The van der Waals surface area contributed by atoms with E-state index in [-0.39, 0.29) is 5.75 Å². The molecule has 0 aliphatic rings. The van der Waals surface area contributed by atoms with Gasteiger partial charge in [-0.25, -0.2) is 0 Å². The van der Waals surface area contributed by atoms with Gasteiger partial charge in [0.05, 0.1) is 11.3 Å². The standard InChI is InChI=1S/C27H26N2O2/c1-27(2,31)23-7-3-4-8-24(23)28-21-15-11-19(12-16-21)20-13-17-22(18-14-20)29-25-9-5-6-10-26(25)30/h3-18,28-31H,1-2H3. The molecule has 0 saturated heterocycles. The lowest BCUT2D eigenvalue weighted by Crippen LogP contribution is -2.17. The number of hydrogen-bond donors (Lipinski definition) is 4. The highest BCUT2D eigenvalue weighted by Gasteiger charge is 2.19. The predicted octanol–water partition coefficient (Wildman–Crippen LogP) is 6.77. The Hall–Kier alpha value is -3.76. The van der Waals surface area contributed by atoms with Gasteiger partial charge in [0.25, 0.3) is 0 Å². The van der Waals surface area contributed by atoms with E-state index in [4.69, 9.17) is 0 Å². The summed E-state index contributed by atoms with van der Waals surface area (Å²) in [5.41, 5.74) is 5.58. The summed E-state index contributed by atoms with van der Waals surface area (Å²) in [7, 11) is 0. The van der Waals surface area contributed by atoms with Gasteiger partial charge in [-0.1, -0.05) is 54.6 Å². The Morgan fingerprint density at radius 3 is 1.55 bits per heavy atom. The van der Waals surface area contributed by atoms with Crippen LogP contribution >= 0.6 is 0 Å². The third-order valence-corrected chi connectivity index (χ3v) is 5.15. The van der Waals surface area contributed by atoms with Gasteiger partial charge >= 0.3 is 0 Å². The fourth-order valence-electron chi connectivity index (χ4n) is 3.51. The van der Waals surface area contributed by atoms with Crippen molar-refractivity contribution in [3.8, 4) is 16.9 Å². The van der Waals surface area contributed by atoms with Crippen molar-refractivity contribution in [3.63, 3.8) is 0 Å². The Morgan fingerprint density at radius 2 is 1.03 bits per heavy atom. The molecule has 0 amide bonds. The zero-order valence-corrected chi connectivity index (χ0v) is 17.6. The first-order valence-corrected chi connectivity index (χ1v) is 10.2. The first-order chi connectivity index (χ1) is 14.9. The van der Waals surface area contributed by atoms with Gasteiger partial charge in [-0.2, -0.15) is 0 Å². The van der Waals surface area contributed by atoms with E-state index in [0.717, 1.165) is 33.8 Å². The van der Waals surface area contributed by atoms with Gasteiger partial charge in [0.15, 0.2) is 0 Å². The van der Waals surface area contributed by atoms with Crippen molar-refractivity contribution in [3.05, 3.63) is 103 Å². The number of aliphatic hydroxyl groups is 1. The van der Waals surface area contributed by atoms with Gasteiger partial charge in [-0.15, -0.1) is 0 Å². The molecule has 0 heterocycles. The molecule has 0 aliphatic heterocycles. The van der Waals surface area contributed by atoms with Crippen molar-refractivity contribution in [2.45, 2.75) is 19.4 Å². The number of phenolic OH excluding ortho intramolecular Hbond substituents is 1. The summed E-state index contributed by atoms with van der Waals surface area (Å²) in [4.78, 5) is 0. The van der Waals surface area contributed by atoms with E-state index >= 15 is 0 Å². The second-order valence-electron chi connectivity index (χ2n) is 8.03. The monoisotopic (exact) mass is 410 g/mol. The number of benzene rings is 4. The lowest BCUT2D eigenvalue weighted by atomic mass is 9.96. The van der Waals surface area contributed by atoms with Crippen LogP contribution < -0.4 is 10.6 Å². The topological polar surface area (TPSA) is 64.5 Å². The summed E-state index contributed by atoms with van der Waals surface area (Å²) < 4.78 is 0. The van der Waals surface area contributed by atoms with Crippen LogP contribution in [0, 0.1) is 0 Å². The number of phenols is 1. The SMILES string of the molecule is CC(C)(O)c1ccccc1Nc1ccc(-c2ccc(Nc3ccccc3O)cc2)cc1. The third-order valence-electron chi connectivity index (χ3n) is 5.15. The summed E-state index contributed by atoms with van der Waals surface area (Å²) in [6.45, 7) is 3.57. The van der Waals surface area contributed by atoms with Gasteiger partial charge in [0.2, 0.25) is 0 Å². The molecule has 0 aliphatic carbocycles. The van der Waals surface area contributed by atoms with Gasteiger partial charge in [-0.3, -0.25) is 0 Å². The number of hydrogen-bond acceptors (Lipinski definition) is 4. The molecular weight excluding hydrogens is 384 g/mol. The van der Waals surface area contributed by atoms with Crippen LogP contribution in [0.1, 0.15) is 19.4 Å². The molecule has 4 heteroatoms. The Labute approximate surface area is 182 Å². The van der Waals surface area contributed by atoms with Crippen molar-refractivity contribution in [1.29, 1.82) is 0 Å². The van der Waals surface area contributed by atoms with E-state index in [9.17, 15) is 10.2 Å². The molecule has 0 spiro atoms. The van der Waals surface area contributed by atoms with Crippen molar-refractivity contribution in [2.75, 3.05) is 10.6 Å². The Kier molecular flexibility index (Phi) is 5.65. The zero-order valence-electron chi connectivity index (χ0n) is 17.6. The second kappa shape index (κ2) is 8.54. The number of rotatable bonds is 6. The number of nitrogens with one attached hydrogen (secondary N) is 2. The van der Waals surface area contributed by atoms with Crippen molar-refractivity contribution < 1.29 is 10.2 Å². The van der Waals surface area contributed by atoms with Gasteiger partial charge in [0, 0.05) is 22.6 Å². The maximum Gasteiger partial charge on any atom is 0.139 e. The highest BCUT2D eigenvalue weighted by atomic mass is 16.3. The number of anilines is 4. The van der Waals surface area contributed by atoms with Crippen molar-refractivity contribution in [2.24, 2.45) is 0 Å². The first kappa shape index (κ1) is 20.5. The molecule has 0 radical (unpaired) electrons.